The number of nitrogens with zero attached hydrogens (tertiary/aromatic N) is 4. The number of aromatic nitrogens is 2. The van der Waals surface area contributed by atoms with Gasteiger partial charge in [-0.2, -0.15) is 4.31 Å². The van der Waals surface area contributed by atoms with E-state index in [1.165, 1.54) is 22.8 Å². The van der Waals surface area contributed by atoms with Crippen LogP contribution in [-0.4, -0.2) is 54.0 Å². The second-order valence-electron chi connectivity index (χ2n) is 7.34. The van der Waals surface area contributed by atoms with Gasteiger partial charge in [-0.15, -0.1) is 0 Å². The van der Waals surface area contributed by atoms with Gasteiger partial charge in [-0.25, -0.2) is 18.4 Å². The van der Waals surface area contributed by atoms with Crippen LogP contribution in [0.25, 0.3) is 22.1 Å². The second kappa shape index (κ2) is 6.96. The van der Waals surface area contributed by atoms with Gasteiger partial charge in [-0.05, 0) is 36.8 Å². The average molecular weight is 424 g/mol. The van der Waals surface area contributed by atoms with Gasteiger partial charge in [0.2, 0.25) is 10.0 Å². The Morgan fingerprint density at radius 2 is 1.80 bits per heavy atom. The van der Waals surface area contributed by atoms with E-state index in [0.717, 1.165) is 22.0 Å². The van der Waals surface area contributed by atoms with Crippen molar-refractivity contribution in [1.29, 1.82) is 0 Å². The number of para-hydroxylation sites is 1. The molecule has 3 heterocycles. The molecular weight excluding hydrogens is 404 g/mol. The topological polar surface area (TPSA) is 99.8 Å². The molecule has 1 aliphatic rings. The van der Waals surface area contributed by atoms with Crippen LogP contribution < -0.4 is 4.90 Å². The molecule has 1 aliphatic heterocycles. The van der Waals surface area contributed by atoms with Gasteiger partial charge in [-0.1, -0.05) is 18.2 Å². The number of aromatic hydroxyl groups is 1. The monoisotopic (exact) mass is 424 g/mol. The molecule has 0 spiro atoms. The zero-order valence-electron chi connectivity index (χ0n) is 16.3. The van der Waals surface area contributed by atoms with E-state index in [0.29, 0.717) is 24.5 Å². The molecule has 2 aromatic carbocycles. The molecule has 8 nitrogen and oxygen atoms in total. The van der Waals surface area contributed by atoms with E-state index in [4.69, 9.17) is 4.42 Å². The highest BCUT2D eigenvalue weighted by molar-refractivity contribution is 7.89. The van der Waals surface area contributed by atoms with E-state index >= 15 is 0 Å². The fourth-order valence-corrected chi connectivity index (χ4v) is 5.43. The van der Waals surface area contributed by atoms with Gasteiger partial charge >= 0.3 is 0 Å². The van der Waals surface area contributed by atoms with Gasteiger partial charge < -0.3 is 14.4 Å². The van der Waals surface area contributed by atoms with Gasteiger partial charge in [0.15, 0.2) is 11.4 Å². The quantitative estimate of drug-likeness (QED) is 0.540. The zero-order valence-corrected chi connectivity index (χ0v) is 17.1. The predicted molar refractivity (Wildman–Crippen MR) is 113 cm³/mol. The van der Waals surface area contributed by atoms with Gasteiger partial charge in [0.05, 0.1) is 0 Å². The Kier molecular flexibility index (Phi) is 4.37. The third kappa shape index (κ3) is 2.98. The highest BCUT2D eigenvalue weighted by atomic mass is 32.2. The summed E-state index contributed by atoms with van der Waals surface area (Å²) < 4.78 is 33.5. The third-order valence-electron chi connectivity index (χ3n) is 5.41. The van der Waals surface area contributed by atoms with Gasteiger partial charge in [0, 0.05) is 31.6 Å². The summed E-state index contributed by atoms with van der Waals surface area (Å²) in [4.78, 5) is 10.7. The average Bonchev–Trinajstić information content (AvgIpc) is 3.14. The first-order valence-corrected chi connectivity index (χ1v) is 11.1. The van der Waals surface area contributed by atoms with E-state index in [-0.39, 0.29) is 23.7 Å². The molecule has 1 N–H and O–H groups in total. The Bertz CT molecular complexity index is 1360. The molecule has 30 heavy (non-hydrogen) atoms. The number of rotatable bonds is 3. The lowest BCUT2D eigenvalue weighted by Gasteiger charge is -2.34. The van der Waals surface area contributed by atoms with Crippen molar-refractivity contribution in [2.75, 3.05) is 31.1 Å². The summed E-state index contributed by atoms with van der Waals surface area (Å²) in [5.41, 5.74) is 2.87. The molecule has 0 amide bonds. The highest BCUT2D eigenvalue weighted by Gasteiger charge is 2.32. The summed E-state index contributed by atoms with van der Waals surface area (Å²) in [6.45, 7) is 3.26. The molecule has 4 aromatic rings. The van der Waals surface area contributed by atoms with Crippen molar-refractivity contribution >= 4 is 37.9 Å². The van der Waals surface area contributed by atoms with Gasteiger partial charge in [0.25, 0.3) is 0 Å². The molecule has 2 aromatic heterocycles. The summed E-state index contributed by atoms with van der Waals surface area (Å²) in [5.74, 6) is 0.425. The smallest absolute Gasteiger partial charge is 0.246 e. The number of phenolic OH excluding ortho intramolecular Hbond substituents is 1. The van der Waals surface area contributed by atoms with E-state index in [1.807, 2.05) is 29.2 Å². The summed E-state index contributed by atoms with van der Waals surface area (Å²) in [6, 6.07) is 12.3. The standard InChI is InChI=1S/C21H20N4O4S/c1-14-6-7-16(26)18(12-14)30(27,28)25-10-8-24(9-11-25)21-20-19(22-13-23-21)15-4-2-3-5-17(15)29-20/h2-7,12-13,26H,8-11H2,1H3. The normalized spacial score (nSPS) is 15.8. The van der Waals surface area contributed by atoms with Crippen molar-refractivity contribution in [2.24, 2.45) is 0 Å². The minimum absolute atomic E-state index is 0.0577. The maximum absolute atomic E-state index is 13.0. The van der Waals surface area contributed by atoms with Crippen molar-refractivity contribution < 1.29 is 17.9 Å². The lowest BCUT2D eigenvalue weighted by molar-refractivity contribution is 0.379. The van der Waals surface area contributed by atoms with Crippen molar-refractivity contribution in [1.82, 2.24) is 14.3 Å². The molecule has 0 aliphatic carbocycles. The van der Waals surface area contributed by atoms with Crippen LogP contribution in [0.5, 0.6) is 5.75 Å². The predicted octanol–water partition coefficient (Wildman–Crippen LogP) is 2.90. The van der Waals surface area contributed by atoms with Crippen LogP contribution in [0.2, 0.25) is 0 Å². The Labute approximate surface area is 173 Å². The molecule has 1 fully saturated rings. The molecule has 0 atom stereocenters. The first kappa shape index (κ1) is 18.8. The lowest BCUT2D eigenvalue weighted by atomic mass is 10.2. The fraction of sp³-hybridized carbons (Fsp3) is 0.238. The molecule has 0 bridgehead atoms. The maximum Gasteiger partial charge on any atom is 0.246 e. The van der Waals surface area contributed by atoms with Gasteiger partial charge in [-0.3, -0.25) is 0 Å². The van der Waals surface area contributed by atoms with E-state index < -0.39 is 10.0 Å². The van der Waals surface area contributed by atoms with Crippen LogP contribution in [0.4, 0.5) is 5.82 Å². The summed E-state index contributed by atoms with van der Waals surface area (Å²) >= 11 is 0. The second-order valence-corrected chi connectivity index (χ2v) is 9.24. The summed E-state index contributed by atoms with van der Waals surface area (Å²) in [6.07, 6.45) is 1.51. The molecule has 0 radical (unpaired) electrons. The van der Waals surface area contributed by atoms with Crippen LogP contribution in [0.3, 0.4) is 0 Å². The Morgan fingerprint density at radius 3 is 2.60 bits per heavy atom. The largest absolute Gasteiger partial charge is 0.507 e. The molecule has 0 saturated carbocycles. The third-order valence-corrected chi connectivity index (χ3v) is 7.34. The Hall–Kier alpha value is -3.17. The van der Waals surface area contributed by atoms with E-state index in [1.54, 1.807) is 13.0 Å². The molecular formula is C21H20N4O4S. The van der Waals surface area contributed by atoms with Gasteiger partial charge in [0.1, 0.15) is 28.1 Å². The first-order chi connectivity index (χ1) is 14.4. The SMILES string of the molecule is Cc1ccc(O)c(S(=O)(=O)N2CCN(c3ncnc4c3oc3ccccc34)CC2)c1. The Balaban J connectivity index is 1.43. The number of hydrogen-bond acceptors (Lipinski definition) is 7. The lowest BCUT2D eigenvalue weighted by Crippen LogP contribution is -2.49. The number of fused-ring (bicyclic) bond motifs is 3. The molecule has 154 valence electrons. The number of furan rings is 1. The van der Waals surface area contributed by atoms with Crippen molar-refractivity contribution in [3.8, 4) is 5.75 Å². The number of piperazine rings is 1. The van der Waals surface area contributed by atoms with Crippen molar-refractivity contribution in [3.63, 3.8) is 0 Å². The maximum atomic E-state index is 13.0. The molecule has 9 heteroatoms. The first-order valence-electron chi connectivity index (χ1n) is 9.62. The summed E-state index contributed by atoms with van der Waals surface area (Å²) in [5, 5.41) is 11.0. The molecule has 1 saturated heterocycles. The van der Waals surface area contributed by atoms with Crippen LogP contribution >= 0.6 is 0 Å². The molecule has 0 unspecified atom stereocenters. The van der Waals surface area contributed by atoms with Crippen LogP contribution in [0.15, 0.2) is 58.1 Å². The van der Waals surface area contributed by atoms with Crippen molar-refractivity contribution in [3.05, 3.63) is 54.4 Å². The number of benzene rings is 2. The van der Waals surface area contributed by atoms with Crippen LogP contribution in [0, 0.1) is 6.92 Å². The van der Waals surface area contributed by atoms with Crippen LogP contribution in [-0.2, 0) is 10.0 Å². The minimum Gasteiger partial charge on any atom is -0.507 e. The molecule has 5 rings (SSSR count). The Morgan fingerprint density at radius 1 is 1.03 bits per heavy atom. The highest BCUT2D eigenvalue weighted by Crippen LogP contribution is 2.33. The number of aryl methyl sites for hydroxylation is 1. The fourth-order valence-electron chi connectivity index (χ4n) is 3.84. The number of phenols is 1. The summed E-state index contributed by atoms with van der Waals surface area (Å²) in [7, 11) is -3.78. The zero-order chi connectivity index (χ0) is 20.9. The van der Waals surface area contributed by atoms with Crippen LogP contribution in [0.1, 0.15) is 5.56 Å². The number of anilines is 1. The van der Waals surface area contributed by atoms with E-state index in [2.05, 4.69) is 9.97 Å². The number of sulfonamides is 1. The van der Waals surface area contributed by atoms with Crippen molar-refractivity contribution in [2.45, 2.75) is 11.8 Å². The van der Waals surface area contributed by atoms with E-state index in [9.17, 15) is 13.5 Å². The number of hydrogen-bond donors (Lipinski definition) is 1. The minimum atomic E-state index is -3.78.